The van der Waals surface area contributed by atoms with E-state index in [1.165, 1.54) is 17.7 Å². The van der Waals surface area contributed by atoms with Gasteiger partial charge in [0.05, 0.1) is 6.61 Å². The summed E-state index contributed by atoms with van der Waals surface area (Å²) in [5, 5.41) is 2.68. The Labute approximate surface area is 189 Å². The van der Waals surface area contributed by atoms with Gasteiger partial charge in [-0.05, 0) is 45.1 Å². The Morgan fingerprint density at radius 1 is 1.27 bits per heavy atom. The first-order chi connectivity index (χ1) is 15.7. The van der Waals surface area contributed by atoms with Crippen molar-refractivity contribution >= 4 is 13.5 Å². The molecule has 178 valence electrons. The lowest BCUT2D eigenvalue weighted by Crippen LogP contribution is -2.36. The molecule has 0 bridgehead atoms. The van der Waals surface area contributed by atoms with Gasteiger partial charge in [0.1, 0.15) is 11.8 Å². The smallest absolute Gasteiger partial charge is 0.342 e. The lowest BCUT2D eigenvalue weighted by atomic mass is 10.3. The molecular formula is C21H26N3O8P. The van der Waals surface area contributed by atoms with E-state index in [1.807, 2.05) is 0 Å². The molecule has 0 saturated carbocycles. The topological polar surface area (TPSA) is 138 Å². The number of para-hydroxylation sites is 1. The number of rotatable bonds is 10. The molecule has 1 aliphatic heterocycles. The average Bonchev–Trinajstić information content (AvgIpc) is 3.24. The second kappa shape index (κ2) is 10.8. The number of hydrogen-bond donors (Lipinski definition) is 2. The SMILES string of the molecule is CCOC(=O)[C@H](C)N[P@@](=O)(CO[C@H]1C=C[C@@H](n2cc(C)c(=O)[nH]c2=O)O1)Oc1ccccc1. The summed E-state index contributed by atoms with van der Waals surface area (Å²) >= 11 is 0. The molecule has 0 saturated heterocycles. The Balaban J connectivity index is 1.69. The van der Waals surface area contributed by atoms with Gasteiger partial charge in [-0.1, -0.05) is 18.2 Å². The molecule has 2 N–H and O–H groups in total. The molecule has 0 spiro atoms. The summed E-state index contributed by atoms with van der Waals surface area (Å²) in [7, 11) is -3.75. The number of aromatic nitrogens is 2. The Kier molecular flexibility index (Phi) is 8.04. The molecule has 2 aromatic rings. The fraction of sp³-hybridized carbons (Fsp3) is 0.381. The summed E-state index contributed by atoms with van der Waals surface area (Å²) in [6.07, 6.45) is 2.29. The van der Waals surface area contributed by atoms with E-state index in [9.17, 15) is 18.9 Å². The van der Waals surface area contributed by atoms with Gasteiger partial charge in [0.15, 0.2) is 18.9 Å². The van der Waals surface area contributed by atoms with Crippen LogP contribution in [0.4, 0.5) is 0 Å². The highest BCUT2D eigenvalue weighted by Gasteiger charge is 2.33. The summed E-state index contributed by atoms with van der Waals surface area (Å²) < 4.78 is 36.6. The summed E-state index contributed by atoms with van der Waals surface area (Å²) in [6, 6.07) is 7.53. The average molecular weight is 479 g/mol. The van der Waals surface area contributed by atoms with E-state index in [4.69, 9.17) is 18.7 Å². The zero-order valence-electron chi connectivity index (χ0n) is 18.4. The molecule has 0 amide bonds. The number of aromatic amines is 1. The van der Waals surface area contributed by atoms with Gasteiger partial charge in [-0.3, -0.25) is 23.7 Å². The number of carbonyl (C=O) groups is 1. The molecule has 0 unspecified atom stereocenters. The number of aryl methyl sites for hydroxylation is 1. The highest BCUT2D eigenvalue weighted by molar-refractivity contribution is 7.57. The van der Waals surface area contributed by atoms with Crippen LogP contribution in [0, 0.1) is 6.92 Å². The van der Waals surface area contributed by atoms with Crippen molar-refractivity contribution in [2.24, 2.45) is 0 Å². The molecule has 12 heteroatoms. The molecule has 1 aromatic carbocycles. The lowest BCUT2D eigenvalue weighted by Gasteiger charge is -2.24. The lowest BCUT2D eigenvalue weighted by molar-refractivity contribution is -0.144. The van der Waals surface area contributed by atoms with Crippen molar-refractivity contribution < 1.29 is 28.1 Å². The van der Waals surface area contributed by atoms with Gasteiger partial charge < -0.3 is 18.7 Å². The third-order valence-electron chi connectivity index (χ3n) is 4.56. The first kappa shape index (κ1) is 24.7. The van der Waals surface area contributed by atoms with Crippen molar-refractivity contribution in [2.75, 3.05) is 13.0 Å². The van der Waals surface area contributed by atoms with Crippen LogP contribution in [-0.4, -0.2) is 40.8 Å². The Morgan fingerprint density at radius 2 is 2.00 bits per heavy atom. The molecule has 1 aliphatic rings. The number of nitrogens with one attached hydrogen (secondary N) is 2. The van der Waals surface area contributed by atoms with Gasteiger partial charge in [-0.25, -0.2) is 9.88 Å². The number of ether oxygens (including phenoxy) is 3. The minimum atomic E-state index is -3.75. The molecule has 11 nitrogen and oxygen atoms in total. The van der Waals surface area contributed by atoms with Crippen LogP contribution in [0.1, 0.15) is 25.6 Å². The maximum Gasteiger partial charge on any atom is 0.342 e. The fourth-order valence-electron chi connectivity index (χ4n) is 2.97. The van der Waals surface area contributed by atoms with E-state index in [-0.39, 0.29) is 6.61 Å². The number of nitrogens with zero attached hydrogens (tertiary/aromatic N) is 1. The van der Waals surface area contributed by atoms with Crippen LogP contribution >= 0.6 is 7.52 Å². The van der Waals surface area contributed by atoms with Crippen LogP contribution in [0.25, 0.3) is 0 Å². The van der Waals surface area contributed by atoms with Crippen molar-refractivity contribution in [3.63, 3.8) is 0 Å². The van der Waals surface area contributed by atoms with Crippen molar-refractivity contribution in [1.29, 1.82) is 0 Å². The number of hydrogen-bond acceptors (Lipinski definition) is 8. The molecule has 0 aliphatic carbocycles. The predicted molar refractivity (Wildman–Crippen MR) is 119 cm³/mol. The normalized spacial score (nSPS) is 20.2. The molecule has 33 heavy (non-hydrogen) atoms. The van der Waals surface area contributed by atoms with E-state index >= 15 is 0 Å². The van der Waals surface area contributed by atoms with Crippen molar-refractivity contribution in [2.45, 2.75) is 39.3 Å². The zero-order chi connectivity index (χ0) is 24.0. The fourth-order valence-corrected chi connectivity index (χ4v) is 4.65. The number of esters is 1. The van der Waals surface area contributed by atoms with Crippen LogP contribution < -0.4 is 20.9 Å². The van der Waals surface area contributed by atoms with Crippen LogP contribution in [0.2, 0.25) is 0 Å². The first-order valence-corrected chi connectivity index (χ1v) is 12.1. The van der Waals surface area contributed by atoms with Gasteiger partial charge >= 0.3 is 19.2 Å². The monoisotopic (exact) mass is 479 g/mol. The maximum absolute atomic E-state index is 13.5. The van der Waals surface area contributed by atoms with Gasteiger partial charge in [-0.2, -0.15) is 0 Å². The number of benzene rings is 1. The molecule has 2 heterocycles. The van der Waals surface area contributed by atoms with Crippen molar-refractivity contribution in [1.82, 2.24) is 14.6 Å². The minimum absolute atomic E-state index is 0.177. The second-order valence-electron chi connectivity index (χ2n) is 7.23. The van der Waals surface area contributed by atoms with E-state index in [1.54, 1.807) is 56.3 Å². The summed E-state index contributed by atoms with van der Waals surface area (Å²) in [5.41, 5.74) is -0.774. The third-order valence-corrected chi connectivity index (χ3v) is 6.34. The molecule has 1 aromatic heterocycles. The van der Waals surface area contributed by atoms with E-state index in [0.29, 0.717) is 11.3 Å². The molecule has 0 radical (unpaired) electrons. The van der Waals surface area contributed by atoms with Crippen LogP contribution in [-0.2, 0) is 23.6 Å². The van der Waals surface area contributed by atoms with Crippen LogP contribution in [0.15, 0.2) is 58.3 Å². The zero-order valence-corrected chi connectivity index (χ0v) is 19.3. The minimum Gasteiger partial charge on any atom is -0.465 e. The Hall–Kier alpha value is -2.98. The standard InChI is InChI=1S/C21H26N3O8P/c1-4-29-20(26)15(3)23-33(28,32-16-8-6-5-7-9-16)13-30-18-11-10-17(31-18)24-12-14(2)19(25)22-21(24)27/h5-12,15,17-18H,4,13H2,1-3H3,(H,23,28)(H,22,25,27)/t15-,17-,18+,33+/m0/s1. The van der Waals surface area contributed by atoms with Crippen molar-refractivity contribution in [3.05, 3.63) is 75.1 Å². The summed E-state index contributed by atoms with van der Waals surface area (Å²) in [6.45, 7) is 4.92. The quantitative estimate of drug-likeness (QED) is 0.298. The maximum atomic E-state index is 13.5. The number of carbonyl (C=O) groups excluding carboxylic acids is 1. The number of H-pyrrole nitrogens is 1. The molecule has 4 atom stereocenters. The van der Waals surface area contributed by atoms with E-state index < -0.39 is 49.6 Å². The van der Waals surface area contributed by atoms with E-state index in [2.05, 4.69) is 10.1 Å². The van der Waals surface area contributed by atoms with Gasteiger partial charge in [0.25, 0.3) is 5.56 Å². The van der Waals surface area contributed by atoms with E-state index in [0.717, 1.165) is 0 Å². The Morgan fingerprint density at radius 3 is 2.70 bits per heavy atom. The first-order valence-electron chi connectivity index (χ1n) is 10.3. The van der Waals surface area contributed by atoms with Gasteiger partial charge in [0, 0.05) is 11.8 Å². The summed E-state index contributed by atoms with van der Waals surface area (Å²) in [5.74, 6) is -0.261. The molecule has 0 fully saturated rings. The van der Waals surface area contributed by atoms with Crippen LogP contribution in [0.3, 0.4) is 0 Å². The molecule has 3 rings (SSSR count). The largest absolute Gasteiger partial charge is 0.465 e. The third kappa shape index (κ3) is 6.52. The molecular weight excluding hydrogens is 453 g/mol. The van der Waals surface area contributed by atoms with Gasteiger partial charge in [0.2, 0.25) is 0 Å². The predicted octanol–water partition coefficient (Wildman–Crippen LogP) is 2.04. The van der Waals surface area contributed by atoms with Crippen LogP contribution in [0.5, 0.6) is 5.75 Å². The highest BCUT2D eigenvalue weighted by Crippen LogP contribution is 2.44. The van der Waals surface area contributed by atoms with Crippen molar-refractivity contribution in [3.8, 4) is 5.75 Å². The second-order valence-corrected chi connectivity index (χ2v) is 9.28. The van der Waals surface area contributed by atoms with Gasteiger partial charge in [-0.15, -0.1) is 0 Å². The summed E-state index contributed by atoms with van der Waals surface area (Å²) in [4.78, 5) is 37.9. The Bertz CT molecular complexity index is 1160. The highest BCUT2D eigenvalue weighted by atomic mass is 31.2.